The van der Waals surface area contributed by atoms with E-state index >= 15 is 0 Å². The summed E-state index contributed by atoms with van der Waals surface area (Å²) in [6, 6.07) is 6.10. The van der Waals surface area contributed by atoms with Gasteiger partial charge in [-0.3, -0.25) is 0 Å². The number of aromatic nitrogens is 1. The van der Waals surface area contributed by atoms with Gasteiger partial charge in [0, 0.05) is 18.2 Å². The van der Waals surface area contributed by atoms with Crippen molar-refractivity contribution in [3.8, 4) is 0 Å². The van der Waals surface area contributed by atoms with Crippen molar-refractivity contribution in [2.24, 2.45) is 7.05 Å². The summed E-state index contributed by atoms with van der Waals surface area (Å²) in [6.07, 6.45) is 9.47. The average molecular weight is 321 g/mol. The van der Waals surface area contributed by atoms with Gasteiger partial charge in [0.05, 0.1) is 0 Å². The molecule has 0 aliphatic heterocycles. The van der Waals surface area contributed by atoms with Crippen LogP contribution in [-0.2, 0) is 7.05 Å². The van der Waals surface area contributed by atoms with Gasteiger partial charge in [0.2, 0.25) is 0 Å². The van der Waals surface area contributed by atoms with Crippen molar-refractivity contribution in [2.75, 3.05) is 7.05 Å². The predicted molar refractivity (Wildman–Crippen MR) is 109 cm³/mol. The molecule has 0 unspecified atom stereocenters. The molecule has 132 valence electrons. The van der Waals surface area contributed by atoms with Crippen LogP contribution in [0.3, 0.4) is 0 Å². The van der Waals surface area contributed by atoms with Crippen LogP contribution in [0, 0.1) is 0 Å². The molecule has 0 radical (unpaired) electrons. The van der Waals surface area contributed by atoms with E-state index in [1.54, 1.807) is 12.2 Å². The topological polar surface area (TPSA) is 6.89 Å². The zero-order chi connectivity index (χ0) is 18.0. The zero-order valence-corrected chi connectivity index (χ0v) is 15.9. The number of aryl methyl sites for hydroxylation is 1. The van der Waals surface area contributed by atoms with E-state index in [2.05, 4.69) is 23.8 Å². The number of pyridine rings is 1. The Morgan fingerprint density at radius 1 is 1.00 bits per heavy atom. The lowest BCUT2D eigenvalue weighted by Crippen LogP contribution is -2.33. The third-order valence-electron chi connectivity index (χ3n) is 2.30. The first-order valence-corrected chi connectivity index (χ1v) is 8.17. The minimum atomic E-state index is 0. The zero-order valence-electron chi connectivity index (χ0n) is 15.9. The lowest BCUT2D eigenvalue weighted by molar-refractivity contribution is -0.678. The maximum absolute atomic E-state index is 3.75. The lowest BCUT2D eigenvalue weighted by atomic mass is 10.2. The van der Waals surface area contributed by atoms with Crippen LogP contribution in [0.2, 0.25) is 0 Å². The summed E-state index contributed by atoms with van der Waals surface area (Å²) in [4.78, 5) is 0. The molecule has 23 heavy (non-hydrogen) atoms. The van der Waals surface area contributed by atoms with Crippen LogP contribution < -0.4 is 4.57 Å². The Balaban J connectivity index is -0.000000231. The Bertz CT molecular complexity index is 455. The fourth-order valence-corrected chi connectivity index (χ4v) is 1.52. The van der Waals surface area contributed by atoms with Crippen LogP contribution in [0.4, 0.5) is 0 Å². The van der Waals surface area contributed by atoms with Gasteiger partial charge in [0.1, 0.15) is 14.1 Å². The molecule has 0 N–H and O–H groups in total. The van der Waals surface area contributed by atoms with Crippen LogP contribution in [0.15, 0.2) is 55.8 Å². The van der Waals surface area contributed by atoms with E-state index in [9.17, 15) is 0 Å². The molecule has 1 aromatic heterocycles. The largest absolute Gasteiger partial charge is 0.277 e. The highest BCUT2D eigenvalue weighted by Crippen LogP contribution is 2.09. The number of nitrogens with zero attached hydrogens (tertiary/aromatic N) is 2. The molecule has 0 fully saturated rings. The molecule has 1 rings (SSSR count). The number of hydrogen-bond acceptors (Lipinski definition) is 0. The Hall–Kier alpha value is -1.96. The second-order valence-corrected chi connectivity index (χ2v) is 3.48. The first-order valence-electron chi connectivity index (χ1n) is 8.17. The van der Waals surface area contributed by atoms with E-state index in [4.69, 9.17) is 0 Å². The monoisotopic (exact) mass is 320 g/mol. The molecular formula is C21H40N2+2. The smallest absolute Gasteiger partial charge is 0.196 e. The van der Waals surface area contributed by atoms with E-state index in [1.807, 2.05) is 90.8 Å². The fourth-order valence-electron chi connectivity index (χ4n) is 1.52. The number of rotatable bonds is 4. The van der Waals surface area contributed by atoms with Gasteiger partial charge in [-0.15, -0.1) is 0 Å². The minimum absolute atomic E-state index is 0. The van der Waals surface area contributed by atoms with Gasteiger partial charge in [-0.25, -0.2) is 0 Å². The molecule has 0 atom stereocenters. The molecule has 2 heteroatoms. The third-order valence-corrected chi connectivity index (χ3v) is 2.30. The Labute approximate surface area is 146 Å². The number of allylic oxidation sites excluding steroid dienone is 3. The van der Waals surface area contributed by atoms with Gasteiger partial charge in [0.15, 0.2) is 12.4 Å². The SMILES string of the molecule is C.C=CC=[N+](C)/C(=C\C=C)c1cccc[n+]1C.CC.CC.CC. The van der Waals surface area contributed by atoms with Gasteiger partial charge in [-0.2, -0.15) is 9.14 Å². The van der Waals surface area contributed by atoms with Gasteiger partial charge in [0.25, 0.3) is 11.4 Å². The van der Waals surface area contributed by atoms with Crippen molar-refractivity contribution in [3.05, 3.63) is 61.5 Å². The van der Waals surface area contributed by atoms with Crippen LogP contribution in [-0.4, -0.2) is 17.8 Å². The summed E-state index contributed by atoms with van der Waals surface area (Å²) in [5.41, 5.74) is 2.21. The van der Waals surface area contributed by atoms with Gasteiger partial charge >= 0.3 is 0 Å². The summed E-state index contributed by atoms with van der Waals surface area (Å²) in [6.45, 7) is 19.4. The molecule has 2 nitrogen and oxygen atoms in total. The summed E-state index contributed by atoms with van der Waals surface area (Å²) >= 11 is 0. The second-order valence-electron chi connectivity index (χ2n) is 3.48. The van der Waals surface area contributed by atoms with Gasteiger partial charge < -0.3 is 0 Å². The van der Waals surface area contributed by atoms with Crippen LogP contribution in [0.25, 0.3) is 5.70 Å². The summed E-state index contributed by atoms with van der Waals surface area (Å²) in [5, 5.41) is 0. The normalized spacial score (nSPS) is 9.39. The maximum Gasteiger partial charge on any atom is 0.277 e. The van der Waals surface area contributed by atoms with E-state index in [-0.39, 0.29) is 7.43 Å². The quantitative estimate of drug-likeness (QED) is 0.384. The third kappa shape index (κ3) is 12.3. The molecule has 0 saturated heterocycles. The van der Waals surface area contributed by atoms with E-state index in [0.29, 0.717) is 0 Å². The highest BCUT2D eigenvalue weighted by atomic mass is 15.0. The van der Waals surface area contributed by atoms with Crippen molar-refractivity contribution < 1.29 is 9.14 Å². The molecule has 0 bridgehead atoms. The van der Waals surface area contributed by atoms with E-state index in [1.165, 1.54) is 0 Å². The molecule has 1 aromatic rings. The van der Waals surface area contributed by atoms with Crippen molar-refractivity contribution in [3.63, 3.8) is 0 Å². The van der Waals surface area contributed by atoms with Gasteiger partial charge in [-0.05, 0) is 12.1 Å². The first-order chi connectivity index (χ1) is 10.7. The molecule has 0 aliphatic carbocycles. The molecule has 0 aromatic carbocycles. The Morgan fingerprint density at radius 3 is 1.91 bits per heavy atom. The predicted octanol–water partition coefficient (Wildman–Crippen LogP) is 5.65. The van der Waals surface area contributed by atoms with Crippen LogP contribution in [0.5, 0.6) is 0 Å². The van der Waals surface area contributed by atoms with E-state index < -0.39 is 0 Å². The van der Waals surface area contributed by atoms with Crippen LogP contribution >= 0.6 is 0 Å². The van der Waals surface area contributed by atoms with Crippen molar-refractivity contribution in [2.45, 2.75) is 49.0 Å². The highest BCUT2D eigenvalue weighted by molar-refractivity contribution is 5.69. The molecular weight excluding hydrogens is 280 g/mol. The molecule has 0 spiro atoms. The molecule has 1 heterocycles. The Morgan fingerprint density at radius 2 is 1.52 bits per heavy atom. The average Bonchev–Trinajstić information content (AvgIpc) is 2.59. The molecule has 0 amide bonds. The van der Waals surface area contributed by atoms with Crippen molar-refractivity contribution in [1.82, 2.24) is 0 Å². The van der Waals surface area contributed by atoms with Crippen LogP contribution in [0.1, 0.15) is 54.7 Å². The highest BCUT2D eigenvalue weighted by Gasteiger charge is 2.18. The lowest BCUT2D eigenvalue weighted by Gasteiger charge is -1.99. The standard InChI is InChI=1S/C14H18N2.3C2H6.CH4/c1-5-9-13(15(3)11-6-2)14-10-7-8-12-16(14)4;3*1-2;/h5-12H,1-2H2,3-4H3;3*1-2H3;1H4/q+2;;;;/b13-9-,15-11?;;;;. The number of hydrogen-bond donors (Lipinski definition) is 0. The fraction of sp³-hybridized carbons (Fsp3) is 0.429. The molecule has 0 aliphatic rings. The second kappa shape index (κ2) is 22.3. The Kier molecular flexibility index (Phi) is 28.2. The summed E-state index contributed by atoms with van der Waals surface area (Å²) in [7, 11) is 4.01. The van der Waals surface area contributed by atoms with E-state index in [0.717, 1.165) is 11.4 Å². The van der Waals surface area contributed by atoms with Gasteiger partial charge in [-0.1, -0.05) is 68.2 Å². The minimum Gasteiger partial charge on any atom is -0.196 e. The summed E-state index contributed by atoms with van der Waals surface area (Å²) in [5.74, 6) is 0. The summed E-state index contributed by atoms with van der Waals surface area (Å²) < 4.78 is 4.09. The van der Waals surface area contributed by atoms with Crippen molar-refractivity contribution in [1.29, 1.82) is 0 Å². The molecule has 0 saturated carbocycles. The first kappa shape index (κ1) is 29.1. The maximum atomic E-state index is 3.75. The van der Waals surface area contributed by atoms with Crippen molar-refractivity contribution >= 4 is 11.9 Å².